The van der Waals surface area contributed by atoms with Crippen LogP contribution in [-0.4, -0.2) is 5.11 Å². The van der Waals surface area contributed by atoms with E-state index in [0.717, 1.165) is 12.8 Å². The van der Waals surface area contributed by atoms with Crippen LogP contribution in [0.3, 0.4) is 0 Å². The Kier molecular flexibility index (Phi) is 3.87. The normalized spacial score (nSPS) is 24.4. The third kappa shape index (κ3) is 2.87. The van der Waals surface area contributed by atoms with Gasteiger partial charge in [-0.05, 0) is 56.1 Å². The van der Waals surface area contributed by atoms with Crippen molar-refractivity contribution in [3.05, 3.63) is 23.0 Å². The Morgan fingerprint density at radius 3 is 2.47 bits per heavy atom. The zero-order valence-corrected chi connectivity index (χ0v) is 9.60. The standard InChI is InChI=1S/C14H22O/c15-14-11-7-3-6-10-13(14)12-8-4-1-2-5-9-12/h8,15H,1-7,9-11H2. The molecule has 0 aliphatic heterocycles. The summed E-state index contributed by atoms with van der Waals surface area (Å²) in [4.78, 5) is 0. The van der Waals surface area contributed by atoms with Gasteiger partial charge in [0.2, 0.25) is 0 Å². The average molecular weight is 206 g/mol. The van der Waals surface area contributed by atoms with Crippen LogP contribution in [0.2, 0.25) is 0 Å². The Morgan fingerprint density at radius 1 is 0.800 bits per heavy atom. The number of rotatable bonds is 1. The van der Waals surface area contributed by atoms with Crippen molar-refractivity contribution in [1.29, 1.82) is 0 Å². The molecule has 0 aromatic carbocycles. The second-order valence-corrected chi connectivity index (χ2v) is 4.81. The first-order chi connectivity index (χ1) is 7.38. The Morgan fingerprint density at radius 2 is 1.53 bits per heavy atom. The van der Waals surface area contributed by atoms with E-state index in [9.17, 15) is 5.11 Å². The fourth-order valence-corrected chi connectivity index (χ4v) is 2.70. The monoisotopic (exact) mass is 206 g/mol. The lowest BCUT2D eigenvalue weighted by molar-refractivity contribution is 0.380. The van der Waals surface area contributed by atoms with Crippen molar-refractivity contribution < 1.29 is 5.11 Å². The van der Waals surface area contributed by atoms with Gasteiger partial charge in [-0.2, -0.15) is 0 Å². The lowest BCUT2D eigenvalue weighted by Crippen LogP contribution is -1.94. The number of aliphatic hydroxyl groups is 1. The molecule has 2 rings (SSSR count). The summed E-state index contributed by atoms with van der Waals surface area (Å²) in [6, 6.07) is 0. The first-order valence-corrected chi connectivity index (χ1v) is 6.48. The van der Waals surface area contributed by atoms with Crippen molar-refractivity contribution in [2.45, 2.75) is 64.2 Å². The van der Waals surface area contributed by atoms with Gasteiger partial charge in [-0.3, -0.25) is 0 Å². The molecule has 1 nitrogen and oxygen atoms in total. The van der Waals surface area contributed by atoms with E-state index < -0.39 is 0 Å². The summed E-state index contributed by atoms with van der Waals surface area (Å²) in [5.41, 5.74) is 2.77. The second-order valence-electron chi connectivity index (χ2n) is 4.81. The van der Waals surface area contributed by atoms with Gasteiger partial charge in [0.25, 0.3) is 0 Å². The molecule has 0 aromatic rings. The van der Waals surface area contributed by atoms with Crippen molar-refractivity contribution in [3.8, 4) is 0 Å². The van der Waals surface area contributed by atoms with E-state index in [1.54, 1.807) is 0 Å². The van der Waals surface area contributed by atoms with Gasteiger partial charge < -0.3 is 5.11 Å². The molecule has 0 saturated carbocycles. The van der Waals surface area contributed by atoms with Gasteiger partial charge in [0.1, 0.15) is 0 Å². The fourth-order valence-electron chi connectivity index (χ4n) is 2.70. The van der Waals surface area contributed by atoms with Crippen LogP contribution in [0.1, 0.15) is 64.2 Å². The van der Waals surface area contributed by atoms with Crippen LogP contribution in [0.4, 0.5) is 0 Å². The van der Waals surface area contributed by atoms with E-state index in [0.29, 0.717) is 5.76 Å². The first-order valence-electron chi connectivity index (χ1n) is 6.48. The third-order valence-electron chi connectivity index (χ3n) is 3.62. The quantitative estimate of drug-likeness (QED) is 0.662. The van der Waals surface area contributed by atoms with Crippen molar-refractivity contribution in [2.24, 2.45) is 0 Å². The van der Waals surface area contributed by atoms with Crippen LogP contribution < -0.4 is 0 Å². The number of allylic oxidation sites excluding steroid dienone is 4. The molecule has 1 heteroatoms. The Labute approximate surface area is 92.9 Å². The fraction of sp³-hybridized carbons (Fsp3) is 0.714. The van der Waals surface area contributed by atoms with E-state index in [4.69, 9.17) is 0 Å². The van der Waals surface area contributed by atoms with Crippen LogP contribution in [-0.2, 0) is 0 Å². The Hall–Kier alpha value is -0.720. The molecule has 15 heavy (non-hydrogen) atoms. The Balaban J connectivity index is 2.15. The van der Waals surface area contributed by atoms with Gasteiger partial charge in [-0.15, -0.1) is 0 Å². The van der Waals surface area contributed by atoms with Crippen molar-refractivity contribution >= 4 is 0 Å². The molecular weight excluding hydrogens is 184 g/mol. The lowest BCUT2D eigenvalue weighted by atomic mass is 9.96. The highest BCUT2D eigenvalue weighted by Crippen LogP contribution is 2.32. The predicted octanol–water partition coefficient (Wildman–Crippen LogP) is 4.65. The molecule has 0 atom stereocenters. The molecule has 0 aromatic heterocycles. The molecule has 0 fully saturated rings. The summed E-state index contributed by atoms with van der Waals surface area (Å²) >= 11 is 0. The summed E-state index contributed by atoms with van der Waals surface area (Å²) in [7, 11) is 0. The number of hydrogen-bond acceptors (Lipinski definition) is 1. The minimum atomic E-state index is 0.695. The SMILES string of the molecule is OC1=C(C2=CCCCCC2)CCCCC1. The molecule has 1 N–H and O–H groups in total. The van der Waals surface area contributed by atoms with Gasteiger partial charge in [0.15, 0.2) is 0 Å². The molecule has 0 unspecified atom stereocenters. The van der Waals surface area contributed by atoms with Crippen molar-refractivity contribution in [2.75, 3.05) is 0 Å². The van der Waals surface area contributed by atoms with E-state index in [1.165, 1.54) is 62.5 Å². The smallest absolute Gasteiger partial charge is 0.0957 e. The van der Waals surface area contributed by atoms with Crippen LogP contribution in [0.5, 0.6) is 0 Å². The van der Waals surface area contributed by atoms with Crippen LogP contribution in [0.15, 0.2) is 23.0 Å². The molecule has 0 heterocycles. The third-order valence-corrected chi connectivity index (χ3v) is 3.62. The number of aliphatic hydroxyl groups excluding tert-OH is 1. The van der Waals surface area contributed by atoms with Gasteiger partial charge >= 0.3 is 0 Å². The largest absolute Gasteiger partial charge is 0.512 e. The van der Waals surface area contributed by atoms with Crippen LogP contribution >= 0.6 is 0 Å². The first kappa shape index (κ1) is 10.8. The minimum Gasteiger partial charge on any atom is -0.512 e. The summed E-state index contributed by atoms with van der Waals surface area (Å²) in [5, 5.41) is 10.0. The van der Waals surface area contributed by atoms with Gasteiger partial charge in [-0.25, -0.2) is 0 Å². The highest BCUT2D eigenvalue weighted by Gasteiger charge is 2.15. The summed E-state index contributed by atoms with van der Waals surface area (Å²) in [6.45, 7) is 0. The maximum absolute atomic E-state index is 10.0. The maximum atomic E-state index is 10.0. The molecule has 0 spiro atoms. The highest BCUT2D eigenvalue weighted by atomic mass is 16.3. The van der Waals surface area contributed by atoms with Crippen LogP contribution in [0.25, 0.3) is 0 Å². The summed E-state index contributed by atoms with van der Waals surface area (Å²) in [6.07, 6.45) is 14.5. The van der Waals surface area contributed by atoms with Gasteiger partial charge in [-0.1, -0.05) is 18.9 Å². The van der Waals surface area contributed by atoms with E-state index >= 15 is 0 Å². The highest BCUT2D eigenvalue weighted by molar-refractivity contribution is 5.34. The molecule has 0 amide bonds. The van der Waals surface area contributed by atoms with Crippen molar-refractivity contribution in [1.82, 2.24) is 0 Å². The zero-order chi connectivity index (χ0) is 10.5. The lowest BCUT2D eigenvalue weighted by Gasteiger charge is -2.11. The van der Waals surface area contributed by atoms with Gasteiger partial charge in [0.05, 0.1) is 5.76 Å². The zero-order valence-electron chi connectivity index (χ0n) is 9.60. The predicted molar refractivity (Wildman–Crippen MR) is 63.9 cm³/mol. The Bertz CT molecular complexity index is 273. The maximum Gasteiger partial charge on any atom is 0.0957 e. The molecule has 0 bridgehead atoms. The minimum absolute atomic E-state index is 0.695. The second kappa shape index (κ2) is 5.39. The van der Waals surface area contributed by atoms with E-state index in [2.05, 4.69) is 6.08 Å². The molecule has 0 radical (unpaired) electrons. The molecule has 84 valence electrons. The van der Waals surface area contributed by atoms with E-state index in [1.807, 2.05) is 0 Å². The van der Waals surface area contributed by atoms with E-state index in [-0.39, 0.29) is 0 Å². The summed E-state index contributed by atoms with van der Waals surface area (Å²) < 4.78 is 0. The number of hydrogen-bond donors (Lipinski definition) is 1. The average Bonchev–Trinajstić information content (AvgIpc) is 2.59. The van der Waals surface area contributed by atoms with Crippen molar-refractivity contribution in [3.63, 3.8) is 0 Å². The molecule has 0 saturated heterocycles. The summed E-state index contributed by atoms with van der Waals surface area (Å²) in [5.74, 6) is 0.695. The van der Waals surface area contributed by atoms with Crippen LogP contribution in [0, 0.1) is 0 Å². The molecule has 2 aliphatic rings. The molecular formula is C14H22O. The van der Waals surface area contributed by atoms with Gasteiger partial charge in [0, 0.05) is 6.42 Å². The molecule has 2 aliphatic carbocycles. The topological polar surface area (TPSA) is 20.2 Å².